The van der Waals surface area contributed by atoms with Crippen LogP contribution in [0.15, 0.2) is 30.3 Å². The zero-order valence-corrected chi connectivity index (χ0v) is 12.2. The van der Waals surface area contributed by atoms with E-state index in [9.17, 15) is 4.79 Å². The van der Waals surface area contributed by atoms with Crippen LogP contribution >= 0.6 is 0 Å². The Bertz CT molecular complexity index is 465. The molecule has 1 aromatic rings. The second-order valence-corrected chi connectivity index (χ2v) is 6.30. The van der Waals surface area contributed by atoms with Crippen molar-refractivity contribution < 1.29 is 9.53 Å². The highest BCUT2D eigenvalue weighted by Crippen LogP contribution is 2.47. The summed E-state index contributed by atoms with van der Waals surface area (Å²) in [5.74, 6) is 0.0951. The molecule has 0 bridgehead atoms. The number of piperidine rings is 1. The van der Waals surface area contributed by atoms with Gasteiger partial charge in [0.1, 0.15) is 6.61 Å². The first kappa shape index (κ1) is 13.6. The van der Waals surface area contributed by atoms with Crippen molar-refractivity contribution in [2.24, 2.45) is 5.92 Å². The minimum absolute atomic E-state index is 0.0153. The predicted octanol–water partition coefficient (Wildman–Crippen LogP) is 2.99. The Morgan fingerprint density at radius 3 is 2.75 bits per heavy atom. The molecule has 0 unspecified atom stereocenters. The highest BCUT2D eigenvalue weighted by molar-refractivity contribution is 5.74. The third-order valence-corrected chi connectivity index (χ3v) is 5.01. The Morgan fingerprint density at radius 2 is 2.05 bits per heavy atom. The van der Waals surface area contributed by atoms with Crippen molar-refractivity contribution in [3.8, 4) is 0 Å². The van der Waals surface area contributed by atoms with E-state index in [0.29, 0.717) is 12.1 Å². The topological polar surface area (TPSA) is 29.5 Å². The van der Waals surface area contributed by atoms with Gasteiger partial charge in [0.25, 0.3) is 0 Å². The Morgan fingerprint density at radius 1 is 1.30 bits per heavy atom. The molecule has 1 spiro atoms. The van der Waals surface area contributed by atoms with E-state index in [2.05, 4.69) is 11.9 Å². The molecule has 3 rings (SSSR count). The first-order valence-corrected chi connectivity index (χ1v) is 7.61. The molecule has 2 aliphatic rings. The Labute approximate surface area is 120 Å². The van der Waals surface area contributed by atoms with Gasteiger partial charge in [-0.3, -0.25) is 4.79 Å². The molecule has 3 heteroatoms. The molecule has 0 N–H and O–H groups in total. The number of carbonyl (C=O) groups excluding carboxylic acids is 1. The minimum Gasteiger partial charge on any atom is -0.461 e. The standard InChI is InChI=1S/C17H23NO2/c1-18-10-6-5-9-17(18)11-15(12-17)16(19)20-13-14-7-3-2-4-8-14/h2-4,7-8,15H,5-6,9-13H2,1H3. The fraction of sp³-hybridized carbons (Fsp3) is 0.588. The first-order valence-electron chi connectivity index (χ1n) is 7.61. The maximum Gasteiger partial charge on any atom is 0.309 e. The van der Waals surface area contributed by atoms with Crippen LogP contribution in [0, 0.1) is 5.92 Å². The zero-order chi connectivity index (χ0) is 14.0. The van der Waals surface area contributed by atoms with E-state index < -0.39 is 0 Å². The summed E-state index contributed by atoms with van der Waals surface area (Å²) in [6, 6.07) is 9.89. The molecule has 3 nitrogen and oxygen atoms in total. The first-order chi connectivity index (χ1) is 9.70. The molecule has 1 aliphatic heterocycles. The van der Waals surface area contributed by atoms with Crippen molar-refractivity contribution in [3.63, 3.8) is 0 Å². The number of likely N-dealkylation sites (tertiary alicyclic amines) is 1. The predicted molar refractivity (Wildman–Crippen MR) is 78.2 cm³/mol. The third-order valence-electron chi connectivity index (χ3n) is 5.01. The SMILES string of the molecule is CN1CCCCC12CC(C(=O)OCc1ccccc1)C2. The lowest BCUT2D eigenvalue weighted by Gasteiger charge is -2.54. The van der Waals surface area contributed by atoms with Crippen LogP contribution in [0.4, 0.5) is 0 Å². The van der Waals surface area contributed by atoms with Crippen LogP contribution in [-0.4, -0.2) is 30.0 Å². The monoisotopic (exact) mass is 273 g/mol. The van der Waals surface area contributed by atoms with Gasteiger partial charge >= 0.3 is 5.97 Å². The van der Waals surface area contributed by atoms with Crippen LogP contribution in [0.2, 0.25) is 0 Å². The lowest BCUT2D eigenvalue weighted by atomic mass is 9.63. The maximum atomic E-state index is 12.1. The van der Waals surface area contributed by atoms with Gasteiger partial charge in [0.15, 0.2) is 0 Å². The van der Waals surface area contributed by atoms with E-state index in [1.165, 1.54) is 25.8 Å². The van der Waals surface area contributed by atoms with Crippen LogP contribution < -0.4 is 0 Å². The summed E-state index contributed by atoms with van der Waals surface area (Å²) in [5, 5.41) is 0. The van der Waals surface area contributed by atoms with Crippen molar-refractivity contribution in [1.82, 2.24) is 4.90 Å². The molecule has 1 saturated carbocycles. The van der Waals surface area contributed by atoms with Crippen LogP contribution in [0.5, 0.6) is 0 Å². The van der Waals surface area contributed by atoms with Crippen LogP contribution in [0.1, 0.15) is 37.7 Å². The van der Waals surface area contributed by atoms with Crippen LogP contribution in [0.3, 0.4) is 0 Å². The van der Waals surface area contributed by atoms with Crippen molar-refractivity contribution >= 4 is 5.97 Å². The molecule has 1 aromatic carbocycles. The number of benzene rings is 1. The molecular formula is C17H23NO2. The number of esters is 1. The fourth-order valence-corrected chi connectivity index (χ4v) is 3.62. The van der Waals surface area contributed by atoms with E-state index in [-0.39, 0.29) is 11.9 Å². The van der Waals surface area contributed by atoms with E-state index >= 15 is 0 Å². The van der Waals surface area contributed by atoms with Gasteiger partial charge in [-0.25, -0.2) is 0 Å². The van der Waals surface area contributed by atoms with Gasteiger partial charge in [-0.15, -0.1) is 0 Å². The van der Waals surface area contributed by atoms with Crippen molar-refractivity contribution in [2.75, 3.05) is 13.6 Å². The summed E-state index contributed by atoms with van der Waals surface area (Å²) in [6.45, 7) is 1.57. The van der Waals surface area contributed by atoms with Crippen LogP contribution in [0.25, 0.3) is 0 Å². The van der Waals surface area contributed by atoms with Gasteiger partial charge < -0.3 is 9.64 Å². The molecule has 1 aliphatic carbocycles. The summed E-state index contributed by atoms with van der Waals surface area (Å²) in [7, 11) is 2.20. The van der Waals surface area contributed by atoms with Crippen molar-refractivity contribution in [2.45, 2.75) is 44.2 Å². The van der Waals surface area contributed by atoms with Gasteiger partial charge in [-0.05, 0) is 44.8 Å². The zero-order valence-electron chi connectivity index (χ0n) is 12.2. The minimum atomic E-state index is -0.0153. The van der Waals surface area contributed by atoms with E-state index in [4.69, 9.17) is 4.74 Å². The van der Waals surface area contributed by atoms with Crippen molar-refractivity contribution in [3.05, 3.63) is 35.9 Å². The van der Waals surface area contributed by atoms with E-state index in [1.54, 1.807) is 0 Å². The molecule has 20 heavy (non-hydrogen) atoms. The van der Waals surface area contributed by atoms with Crippen LogP contribution in [-0.2, 0) is 16.1 Å². The molecule has 0 aromatic heterocycles. The molecule has 1 saturated heterocycles. The second kappa shape index (κ2) is 5.57. The van der Waals surface area contributed by atoms with Gasteiger partial charge in [0.2, 0.25) is 0 Å². The average Bonchev–Trinajstić information content (AvgIpc) is 2.44. The number of carbonyl (C=O) groups is 1. The Hall–Kier alpha value is -1.35. The van der Waals surface area contributed by atoms with Crippen molar-refractivity contribution in [1.29, 1.82) is 0 Å². The summed E-state index contributed by atoms with van der Waals surface area (Å²) >= 11 is 0. The van der Waals surface area contributed by atoms with Gasteiger partial charge in [-0.1, -0.05) is 36.8 Å². The second-order valence-electron chi connectivity index (χ2n) is 6.30. The van der Waals surface area contributed by atoms with Gasteiger partial charge in [0.05, 0.1) is 5.92 Å². The highest BCUT2D eigenvalue weighted by Gasteiger charge is 2.50. The third kappa shape index (κ3) is 2.59. The smallest absolute Gasteiger partial charge is 0.309 e. The molecule has 0 amide bonds. The molecule has 0 radical (unpaired) electrons. The Kier molecular flexibility index (Phi) is 3.79. The molecule has 1 heterocycles. The molecule has 108 valence electrons. The number of ether oxygens (including phenoxy) is 1. The summed E-state index contributed by atoms with van der Waals surface area (Å²) in [6.07, 6.45) is 5.80. The normalized spacial score (nSPS) is 29.9. The summed E-state index contributed by atoms with van der Waals surface area (Å²) in [5.41, 5.74) is 1.36. The Balaban J connectivity index is 1.48. The highest BCUT2D eigenvalue weighted by atomic mass is 16.5. The number of rotatable bonds is 3. The average molecular weight is 273 g/mol. The molecule has 2 fully saturated rings. The molecular weight excluding hydrogens is 250 g/mol. The summed E-state index contributed by atoms with van der Waals surface area (Å²) < 4.78 is 5.44. The number of hydrogen-bond donors (Lipinski definition) is 0. The number of hydrogen-bond acceptors (Lipinski definition) is 3. The fourth-order valence-electron chi connectivity index (χ4n) is 3.62. The lowest BCUT2D eigenvalue weighted by molar-refractivity contribution is -0.161. The van der Waals surface area contributed by atoms with E-state index in [0.717, 1.165) is 18.4 Å². The lowest BCUT2D eigenvalue weighted by Crippen LogP contribution is -2.59. The quantitative estimate of drug-likeness (QED) is 0.793. The number of nitrogens with zero attached hydrogens (tertiary/aromatic N) is 1. The largest absolute Gasteiger partial charge is 0.461 e. The maximum absolute atomic E-state index is 12.1. The van der Waals surface area contributed by atoms with E-state index in [1.807, 2.05) is 30.3 Å². The van der Waals surface area contributed by atoms with Gasteiger partial charge in [0, 0.05) is 5.54 Å². The summed E-state index contributed by atoms with van der Waals surface area (Å²) in [4.78, 5) is 14.5. The van der Waals surface area contributed by atoms with Gasteiger partial charge in [-0.2, -0.15) is 0 Å². The molecule has 0 atom stereocenters.